The zero-order valence-electron chi connectivity index (χ0n) is 13.9. The number of carboxylic acids is 1. The average molecular weight is 320 g/mol. The minimum absolute atomic E-state index is 0.102. The van der Waals surface area contributed by atoms with E-state index in [0.717, 1.165) is 31.7 Å². The maximum atomic E-state index is 11.2. The van der Waals surface area contributed by atoms with E-state index in [1.807, 2.05) is 0 Å². The van der Waals surface area contributed by atoms with Crippen LogP contribution in [0.25, 0.3) is 0 Å². The van der Waals surface area contributed by atoms with Crippen molar-refractivity contribution in [3.05, 3.63) is 35.4 Å². The number of carbonyl (C=O) groups is 1. The van der Waals surface area contributed by atoms with Gasteiger partial charge in [0.05, 0.1) is 0 Å². The third-order valence-corrected chi connectivity index (χ3v) is 3.86. The molecule has 0 atom stereocenters. The number of phenols is 2. The molecule has 0 fully saturated rings. The Morgan fingerprint density at radius 3 is 2.26 bits per heavy atom. The van der Waals surface area contributed by atoms with Crippen LogP contribution in [0.5, 0.6) is 11.5 Å². The topological polar surface area (TPSA) is 77.8 Å². The number of carboxylic acid groups (broad SMARTS) is 1. The van der Waals surface area contributed by atoms with E-state index in [4.69, 9.17) is 5.11 Å². The van der Waals surface area contributed by atoms with E-state index < -0.39 is 5.97 Å². The van der Waals surface area contributed by atoms with Crippen molar-refractivity contribution >= 4 is 5.97 Å². The minimum Gasteiger partial charge on any atom is -0.508 e. The highest BCUT2D eigenvalue weighted by Crippen LogP contribution is 2.28. The maximum absolute atomic E-state index is 11.2. The molecule has 0 bridgehead atoms. The second kappa shape index (κ2) is 10.7. The summed E-state index contributed by atoms with van der Waals surface area (Å²) >= 11 is 0. The van der Waals surface area contributed by atoms with Crippen molar-refractivity contribution in [2.24, 2.45) is 0 Å². The van der Waals surface area contributed by atoms with E-state index in [2.05, 4.69) is 19.1 Å². The lowest BCUT2D eigenvalue weighted by Gasteiger charge is -2.08. The molecule has 0 amide bonds. The first-order chi connectivity index (χ1) is 11.1. The lowest BCUT2D eigenvalue weighted by atomic mass is 9.99. The Morgan fingerprint density at radius 1 is 1.00 bits per heavy atom. The van der Waals surface area contributed by atoms with Gasteiger partial charge in [-0.2, -0.15) is 0 Å². The van der Waals surface area contributed by atoms with Gasteiger partial charge in [0.1, 0.15) is 17.1 Å². The first-order valence-electron chi connectivity index (χ1n) is 8.49. The van der Waals surface area contributed by atoms with Crippen molar-refractivity contribution in [2.45, 2.75) is 64.7 Å². The summed E-state index contributed by atoms with van der Waals surface area (Å²) in [7, 11) is 0. The summed E-state index contributed by atoms with van der Waals surface area (Å²) in [4.78, 5) is 11.2. The zero-order valence-corrected chi connectivity index (χ0v) is 13.9. The van der Waals surface area contributed by atoms with Gasteiger partial charge in [-0.05, 0) is 50.2 Å². The highest BCUT2D eigenvalue weighted by Gasteiger charge is 2.16. The summed E-state index contributed by atoms with van der Waals surface area (Å²) in [6.07, 6.45) is 13.9. The lowest BCUT2D eigenvalue weighted by molar-refractivity contribution is 0.0692. The fourth-order valence-corrected chi connectivity index (χ4v) is 2.62. The number of aromatic hydroxyl groups is 2. The number of hydrogen-bond donors (Lipinski definition) is 3. The first-order valence-corrected chi connectivity index (χ1v) is 8.49. The number of unbranched alkanes of at least 4 members (excludes halogenated alkanes) is 6. The van der Waals surface area contributed by atoms with E-state index in [9.17, 15) is 15.0 Å². The summed E-state index contributed by atoms with van der Waals surface area (Å²) in [5.41, 5.74) is 0.382. The molecule has 1 rings (SSSR count). The predicted molar refractivity (Wildman–Crippen MR) is 92.2 cm³/mol. The molecule has 0 spiro atoms. The zero-order chi connectivity index (χ0) is 17.1. The van der Waals surface area contributed by atoms with Crippen LogP contribution in [-0.4, -0.2) is 21.3 Å². The van der Waals surface area contributed by atoms with Crippen LogP contribution in [-0.2, 0) is 6.42 Å². The summed E-state index contributed by atoms with van der Waals surface area (Å²) in [5, 5.41) is 28.3. The second-order valence-corrected chi connectivity index (χ2v) is 5.87. The SMILES string of the molecule is CCCCCC/C=C/CCCCc1cc(O)cc(O)c1C(=O)O. The Morgan fingerprint density at radius 2 is 1.65 bits per heavy atom. The lowest BCUT2D eigenvalue weighted by Crippen LogP contribution is -2.03. The van der Waals surface area contributed by atoms with E-state index in [1.54, 1.807) is 0 Å². The Kier molecular flexibility index (Phi) is 8.88. The van der Waals surface area contributed by atoms with Gasteiger partial charge in [0.15, 0.2) is 0 Å². The van der Waals surface area contributed by atoms with Crippen molar-refractivity contribution in [2.75, 3.05) is 0 Å². The Hall–Kier alpha value is -1.97. The molecule has 128 valence electrons. The fraction of sp³-hybridized carbons (Fsp3) is 0.526. The Balaban J connectivity index is 2.33. The van der Waals surface area contributed by atoms with Gasteiger partial charge >= 0.3 is 5.97 Å². The molecule has 0 heterocycles. The van der Waals surface area contributed by atoms with Gasteiger partial charge in [0.25, 0.3) is 0 Å². The molecule has 3 N–H and O–H groups in total. The third-order valence-electron chi connectivity index (χ3n) is 3.86. The predicted octanol–water partition coefficient (Wildman–Crippen LogP) is 5.04. The molecule has 0 radical (unpaired) electrons. The molecule has 0 aromatic heterocycles. The van der Waals surface area contributed by atoms with Crippen molar-refractivity contribution in [1.29, 1.82) is 0 Å². The molecule has 1 aromatic rings. The molecule has 0 aliphatic heterocycles. The molecule has 0 unspecified atom stereocenters. The van der Waals surface area contributed by atoms with E-state index in [0.29, 0.717) is 12.0 Å². The highest BCUT2D eigenvalue weighted by molar-refractivity contribution is 5.92. The summed E-state index contributed by atoms with van der Waals surface area (Å²) in [6, 6.07) is 2.49. The van der Waals surface area contributed by atoms with Crippen molar-refractivity contribution in [1.82, 2.24) is 0 Å². The second-order valence-electron chi connectivity index (χ2n) is 5.87. The first kappa shape index (κ1) is 19.1. The number of aryl methyl sites for hydroxylation is 1. The molecule has 4 heteroatoms. The van der Waals surface area contributed by atoms with E-state index >= 15 is 0 Å². The van der Waals surface area contributed by atoms with Gasteiger partial charge in [-0.15, -0.1) is 0 Å². The number of allylic oxidation sites excluding steroid dienone is 2. The normalized spacial score (nSPS) is 11.2. The summed E-state index contributed by atoms with van der Waals surface area (Å²) < 4.78 is 0. The van der Waals surface area contributed by atoms with Gasteiger partial charge in [-0.1, -0.05) is 38.3 Å². The van der Waals surface area contributed by atoms with Gasteiger partial charge < -0.3 is 15.3 Å². The van der Waals surface area contributed by atoms with Crippen LogP contribution >= 0.6 is 0 Å². The summed E-state index contributed by atoms with van der Waals surface area (Å²) in [6.45, 7) is 2.21. The summed E-state index contributed by atoms with van der Waals surface area (Å²) in [5.74, 6) is -1.64. The van der Waals surface area contributed by atoms with Crippen LogP contribution in [0.4, 0.5) is 0 Å². The number of benzene rings is 1. The van der Waals surface area contributed by atoms with Gasteiger partial charge in [-0.3, -0.25) is 0 Å². The van der Waals surface area contributed by atoms with Crippen LogP contribution < -0.4 is 0 Å². The van der Waals surface area contributed by atoms with Gasteiger partial charge in [0.2, 0.25) is 0 Å². The van der Waals surface area contributed by atoms with E-state index in [-0.39, 0.29) is 17.1 Å². The smallest absolute Gasteiger partial charge is 0.339 e. The molecule has 23 heavy (non-hydrogen) atoms. The van der Waals surface area contributed by atoms with Crippen LogP contribution in [0, 0.1) is 0 Å². The van der Waals surface area contributed by atoms with Crippen LogP contribution in [0.1, 0.15) is 74.2 Å². The minimum atomic E-state index is -1.16. The third kappa shape index (κ3) is 7.22. The average Bonchev–Trinajstić information content (AvgIpc) is 2.48. The van der Waals surface area contributed by atoms with E-state index in [1.165, 1.54) is 31.7 Å². The number of phenolic OH excluding ortho intramolecular Hbond substituents is 1. The molecule has 1 aromatic carbocycles. The maximum Gasteiger partial charge on any atom is 0.339 e. The Labute approximate surface area is 138 Å². The van der Waals surface area contributed by atoms with Crippen molar-refractivity contribution in [3.63, 3.8) is 0 Å². The van der Waals surface area contributed by atoms with Crippen LogP contribution in [0.15, 0.2) is 24.3 Å². The quantitative estimate of drug-likeness (QED) is 0.394. The Bertz CT molecular complexity index is 520. The van der Waals surface area contributed by atoms with Crippen molar-refractivity contribution in [3.8, 4) is 11.5 Å². The molecule has 0 saturated carbocycles. The van der Waals surface area contributed by atoms with Crippen molar-refractivity contribution < 1.29 is 20.1 Å². The standard InChI is InChI=1S/C19H28O4/c1-2-3-4-5-6-7-8-9-10-11-12-15-13-16(20)14-17(21)18(15)19(22)23/h7-8,13-14,20-21H,2-6,9-12H2,1H3,(H,22,23)/b8-7+. The molecule has 0 aliphatic rings. The monoisotopic (exact) mass is 320 g/mol. The molecule has 4 nitrogen and oxygen atoms in total. The fourth-order valence-electron chi connectivity index (χ4n) is 2.62. The molecular formula is C19H28O4. The van der Waals surface area contributed by atoms with Crippen LogP contribution in [0.3, 0.4) is 0 Å². The molecule has 0 saturated heterocycles. The van der Waals surface area contributed by atoms with Gasteiger partial charge in [-0.25, -0.2) is 4.79 Å². The van der Waals surface area contributed by atoms with Gasteiger partial charge in [0, 0.05) is 6.07 Å². The molecule has 0 aliphatic carbocycles. The highest BCUT2D eigenvalue weighted by atomic mass is 16.4. The molecular weight excluding hydrogens is 292 g/mol. The number of rotatable bonds is 11. The number of aromatic carboxylic acids is 1. The largest absolute Gasteiger partial charge is 0.508 e. The van der Waals surface area contributed by atoms with Crippen LogP contribution in [0.2, 0.25) is 0 Å². The number of hydrogen-bond acceptors (Lipinski definition) is 3.